The molecular weight excluding hydrogens is 352 g/mol. The van der Waals surface area contributed by atoms with Gasteiger partial charge in [0.2, 0.25) is 15.9 Å². The van der Waals surface area contributed by atoms with E-state index >= 15 is 0 Å². The summed E-state index contributed by atoms with van der Waals surface area (Å²) in [5, 5.41) is 13.5. The summed E-state index contributed by atoms with van der Waals surface area (Å²) in [5.74, 6) is -0.224. The van der Waals surface area contributed by atoms with Crippen molar-refractivity contribution in [1.29, 1.82) is 0 Å². The van der Waals surface area contributed by atoms with E-state index in [1.165, 1.54) is 4.31 Å². The molecule has 2 aromatic carbocycles. The highest BCUT2D eigenvalue weighted by molar-refractivity contribution is 7.89. The van der Waals surface area contributed by atoms with Gasteiger partial charge in [0.1, 0.15) is 0 Å². The molecule has 3 rings (SSSR count). The molecule has 0 atom stereocenters. The van der Waals surface area contributed by atoms with Crippen molar-refractivity contribution in [2.45, 2.75) is 24.2 Å². The minimum Gasteiger partial charge on any atom is -0.396 e. The second kappa shape index (κ2) is 8.16. The Kier molecular flexibility index (Phi) is 5.90. The fourth-order valence-electron chi connectivity index (χ4n) is 3.27. The Morgan fingerprint density at radius 1 is 1.12 bits per heavy atom. The predicted molar refractivity (Wildman–Crippen MR) is 100 cm³/mol. The first-order valence-electron chi connectivity index (χ1n) is 8.90. The molecule has 2 N–H and O–H groups in total. The Bertz CT molecular complexity index is 874. The van der Waals surface area contributed by atoms with E-state index < -0.39 is 10.0 Å². The van der Waals surface area contributed by atoms with Crippen LogP contribution in [0.1, 0.15) is 19.3 Å². The average molecular weight is 376 g/mol. The van der Waals surface area contributed by atoms with Crippen LogP contribution in [0, 0.1) is 5.92 Å². The van der Waals surface area contributed by atoms with Gasteiger partial charge in [0.05, 0.1) is 4.90 Å². The Morgan fingerprint density at radius 3 is 2.50 bits per heavy atom. The number of aliphatic hydroxyl groups excluding tert-OH is 1. The van der Waals surface area contributed by atoms with Crippen LogP contribution >= 0.6 is 0 Å². The topological polar surface area (TPSA) is 86.7 Å². The van der Waals surface area contributed by atoms with Crippen LogP contribution in [0.2, 0.25) is 0 Å². The van der Waals surface area contributed by atoms with E-state index in [4.69, 9.17) is 5.11 Å². The number of nitrogens with one attached hydrogen (secondary N) is 1. The van der Waals surface area contributed by atoms with Gasteiger partial charge in [-0.2, -0.15) is 4.31 Å². The number of rotatable bonds is 6. The van der Waals surface area contributed by atoms with Crippen LogP contribution in [-0.2, 0) is 14.8 Å². The van der Waals surface area contributed by atoms with Crippen LogP contribution < -0.4 is 5.32 Å². The van der Waals surface area contributed by atoms with Crippen LogP contribution in [0.5, 0.6) is 0 Å². The third-order valence-corrected chi connectivity index (χ3v) is 6.71. The maximum atomic E-state index is 12.9. The van der Waals surface area contributed by atoms with E-state index in [0.29, 0.717) is 43.8 Å². The number of fused-ring (bicyclic) bond motifs is 1. The number of sulfonamides is 1. The van der Waals surface area contributed by atoms with Crippen molar-refractivity contribution >= 4 is 26.7 Å². The van der Waals surface area contributed by atoms with E-state index in [2.05, 4.69) is 5.32 Å². The molecule has 0 aliphatic carbocycles. The van der Waals surface area contributed by atoms with Gasteiger partial charge in [-0.15, -0.1) is 0 Å². The smallest absolute Gasteiger partial charge is 0.243 e. The molecule has 1 amide bonds. The summed E-state index contributed by atoms with van der Waals surface area (Å²) in [7, 11) is -3.55. The number of nitrogens with zero attached hydrogens (tertiary/aromatic N) is 1. The summed E-state index contributed by atoms with van der Waals surface area (Å²) in [5.41, 5.74) is 0. The highest BCUT2D eigenvalue weighted by Gasteiger charge is 2.32. The summed E-state index contributed by atoms with van der Waals surface area (Å²) in [6.07, 6.45) is 1.55. The first-order valence-corrected chi connectivity index (χ1v) is 10.3. The van der Waals surface area contributed by atoms with Gasteiger partial charge in [-0.25, -0.2) is 8.42 Å². The first kappa shape index (κ1) is 18.8. The molecule has 2 aromatic rings. The van der Waals surface area contributed by atoms with Crippen molar-refractivity contribution in [3.05, 3.63) is 42.5 Å². The van der Waals surface area contributed by atoms with Crippen molar-refractivity contribution in [3.8, 4) is 0 Å². The van der Waals surface area contributed by atoms with E-state index in [9.17, 15) is 13.2 Å². The molecule has 140 valence electrons. The van der Waals surface area contributed by atoms with Crippen molar-refractivity contribution in [1.82, 2.24) is 9.62 Å². The SMILES string of the molecule is O=C(NCCCO)C1CCN(S(=O)(=O)c2ccc3ccccc3c2)CC1. The molecule has 0 aromatic heterocycles. The standard InChI is InChI=1S/C19H24N2O4S/c22-13-3-10-20-19(23)16-8-11-21(12-9-16)26(24,25)18-7-6-15-4-1-2-5-17(15)14-18/h1-2,4-7,14,16,22H,3,8-13H2,(H,20,23). The summed E-state index contributed by atoms with van der Waals surface area (Å²) in [4.78, 5) is 12.4. The molecule has 1 heterocycles. The molecule has 0 saturated carbocycles. The Balaban J connectivity index is 1.66. The molecule has 26 heavy (non-hydrogen) atoms. The lowest BCUT2D eigenvalue weighted by Crippen LogP contribution is -2.43. The van der Waals surface area contributed by atoms with Gasteiger partial charge in [-0.3, -0.25) is 4.79 Å². The number of hydrogen-bond donors (Lipinski definition) is 2. The van der Waals surface area contributed by atoms with Crippen molar-refractivity contribution in [2.75, 3.05) is 26.2 Å². The molecule has 1 fully saturated rings. The zero-order valence-corrected chi connectivity index (χ0v) is 15.4. The van der Waals surface area contributed by atoms with Gasteiger partial charge in [-0.1, -0.05) is 30.3 Å². The monoisotopic (exact) mass is 376 g/mol. The van der Waals surface area contributed by atoms with Crippen LogP contribution in [0.3, 0.4) is 0 Å². The van der Waals surface area contributed by atoms with Gasteiger partial charge in [0.25, 0.3) is 0 Å². The van der Waals surface area contributed by atoms with E-state index in [0.717, 1.165) is 10.8 Å². The number of amides is 1. The average Bonchev–Trinajstić information content (AvgIpc) is 2.67. The molecule has 0 bridgehead atoms. The molecule has 1 aliphatic heterocycles. The maximum absolute atomic E-state index is 12.9. The summed E-state index contributed by atoms with van der Waals surface area (Å²) in [6.45, 7) is 1.17. The second-order valence-electron chi connectivity index (χ2n) is 6.56. The number of carbonyl (C=O) groups excluding carboxylic acids is 1. The molecule has 6 nitrogen and oxygen atoms in total. The number of benzene rings is 2. The van der Waals surface area contributed by atoms with Gasteiger partial charge in [0, 0.05) is 32.2 Å². The van der Waals surface area contributed by atoms with E-state index in [-0.39, 0.29) is 18.4 Å². The lowest BCUT2D eigenvalue weighted by atomic mass is 9.97. The maximum Gasteiger partial charge on any atom is 0.243 e. The lowest BCUT2D eigenvalue weighted by Gasteiger charge is -2.30. The lowest BCUT2D eigenvalue weighted by molar-refractivity contribution is -0.126. The Morgan fingerprint density at radius 2 is 1.81 bits per heavy atom. The third-order valence-electron chi connectivity index (χ3n) is 4.82. The number of piperidine rings is 1. The Hall–Kier alpha value is -1.96. The minimum absolute atomic E-state index is 0.0444. The second-order valence-corrected chi connectivity index (χ2v) is 8.49. The largest absolute Gasteiger partial charge is 0.396 e. The molecule has 0 unspecified atom stereocenters. The zero-order chi connectivity index (χ0) is 18.6. The van der Waals surface area contributed by atoms with Gasteiger partial charge in [-0.05, 0) is 42.2 Å². The molecule has 1 aliphatic rings. The fourth-order valence-corrected chi connectivity index (χ4v) is 4.78. The molecule has 7 heteroatoms. The molecule has 0 radical (unpaired) electrons. The highest BCUT2D eigenvalue weighted by Crippen LogP contribution is 2.26. The van der Waals surface area contributed by atoms with Crippen LogP contribution in [0.4, 0.5) is 0 Å². The Labute approximate surface area is 153 Å². The predicted octanol–water partition coefficient (Wildman–Crippen LogP) is 1.74. The van der Waals surface area contributed by atoms with Crippen LogP contribution in [0.15, 0.2) is 47.4 Å². The van der Waals surface area contributed by atoms with Gasteiger partial charge >= 0.3 is 0 Å². The van der Waals surface area contributed by atoms with Crippen molar-refractivity contribution < 1.29 is 18.3 Å². The van der Waals surface area contributed by atoms with E-state index in [1.807, 2.05) is 30.3 Å². The number of hydrogen-bond acceptors (Lipinski definition) is 4. The highest BCUT2D eigenvalue weighted by atomic mass is 32.2. The molecule has 1 saturated heterocycles. The summed E-state index contributed by atoms with van der Waals surface area (Å²) < 4.78 is 27.3. The number of aliphatic hydroxyl groups is 1. The van der Waals surface area contributed by atoms with Crippen molar-refractivity contribution in [3.63, 3.8) is 0 Å². The summed E-state index contributed by atoms with van der Waals surface area (Å²) in [6, 6.07) is 12.8. The van der Waals surface area contributed by atoms with Gasteiger partial charge < -0.3 is 10.4 Å². The normalized spacial score (nSPS) is 16.7. The van der Waals surface area contributed by atoms with Crippen LogP contribution in [-0.4, -0.2) is 50.0 Å². The van der Waals surface area contributed by atoms with Crippen molar-refractivity contribution in [2.24, 2.45) is 5.92 Å². The minimum atomic E-state index is -3.55. The first-order chi connectivity index (χ1) is 12.5. The molecular formula is C19H24N2O4S. The zero-order valence-electron chi connectivity index (χ0n) is 14.6. The van der Waals surface area contributed by atoms with E-state index in [1.54, 1.807) is 12.1 Å². The number of carbonyl (C=O) groups is 1. The third kappa shape index (κ3) is 4.06. The quantitative estimate of drug-likeness (QED) is 0.752. The fraction of sp³-hybridized carbons (Fsp3) is 0.421. The summed E-state index contributed by atoms with van der Waals surface area (Å²) >= 11 is 0. The van der Waals surface area contributed by atoms with Crippen LogP contribution in [0.25, 0.3) is 10.8 Å². The molecule has 0 spiro atoms. The van der Waals surface area contributed by atoms with Gasteiger partial charge in [0.15, 0.2) is 0 Å².